The minimum Gasteiger partial charge on any atom is -0.364 e. The van der Waals surface area contributed by atoms with E-state index in [1.807, 2.05) is 12.1 Å². The van der Waals surface area contributed by atoms with Gasteiger partial charge in [0, 0.05) is 45.0 Å². The second-order valence-corrected chi connectivity index (χ2v) is 5.72. The van der Waals surface area contributed by atoms with E-state index in [0.717, 1.165) is 5.56 Å². The molecule has 0 aromatic carbocycles. The Bertz CT molecular complexity index is 672. The molecule has 1 aliphatic rings. The van der Waals surface area contributed by atoms with Gasteiger partial charge in [-0.15, -0.1) is 0 Å². The zero-order chi connectivity index (χ0) is 16.2. The first-order chi connectivity index (χ1) is 11.1. The first-order valence-electron chi connectivity index (χ1n) is 7.44. The Balaban J connectivity index is 1.59. The highest BCUT2D eigenvalue weighted by molar-refractivity contribution is 5.89. The van der Waals surface area contributed by atoms with E-state index in [2.05, 4.69) is 10.1 Å². The molecule has 0 spiro atoms. The largest absolute Gasteiger partial charge is 0.364 e. The molecule has 3 rings (SSSR count). The number of likely N-dealkylation sites (tertiary alicyclic amines) is 1. The van der Waals surface area contributed by atoms with Crippen molar-refractivity contribution in [3.05, 3.63) is 48.1 Å². The van der Waals surface area contributed by atoms with Crippen LogP contribution in [0.3, 0.4) is 0 Å². The average Bonchev–Trinajstić information content (AvgIpc) is 3.18. The number of pyridine rings is 1. The van der Waals surface area contributed by atoms with Crippen molar-refractivity contribution < 1.29 is 14.1 Å². The number of hydrogen-bond donors (Lipinski definition) is 0. The molecule has 1 saturated heterocycles. The predicted octanol–water partition coefficient (Wildman–Crippen LogP) is 1.08. The highest BCUT2D eigenvalue weighted by Gasteiger charge is 2.35. The molecule has 7 heteroatoms. The van der Waals surface area contributed by atoms with Crippen molar-refractivity contribution in [1.29, 1.82) is 0 Å². The van der Waals surface area contributed by atoms with Crippen molar-refractivity contribution in [3.8, 4) is 0 Å². The van der Waals surface area contributed by atoms with Crippen molar-refractivity contribution in [1.82, 2.24) is 19.9 Å². The number of rotatable bonds is 5. The Morgan fingerprint density at radius 1 is 1.39 bits per heavy atom. The Labute approximate surface area is 133 Å². The van der Waals surface area contributed by atoms with Gasteiger partial charge in [-0.1, -0.05) is 5.16 Å². The van der Waals surface area contributed by atoms with Gasteiger partial charge in [-0.3, -0.25) is 14.6 Å². The van der Waals surface area contributed by atoms with Crippen molar-refractivity contribution >= 4 is 11.8 Å². The fourth-order valence-electron chi connectivity index (χ4n) is 2.75. The molecule has 23 heavy (non-hydrogen) atoms. The Hall–Kier alpha value is -2.70. The first-order valence-corrected chi connectivity index (χ1v) is 7.44. The first kappa shape index (κ1) is 15.2. The Morgan fingerprint density at radius 3 is 2.87 bits per heavy atom. The number of nitrogens with zero attached hydrogens (tertiary/aromatic N) is 4. The van der Waals surface area contributed by atoms with E-state index in [0.29, 0.717) is 25.3 Å². The smallest absolute Gasteiger partial charge is 0.228 e. The van der Waals surface area contributed by atoms with E-state index >= 15 is 0 Å². The van der Waals surface area contributed by atoms with Crippen LogP contribution in [0.25, 0.3) is 0 Å². The molecule has 2 amide bonds. The van der Waals surface area contributed by atoms with Gasteiger partial charge in [-0.2, -0.15) is 0 Å². The van der Waals surface area contributed by atoms with Gasteiger partial charge >= 0.3 is 0 Å². The molecular formula is C16H18N4O3. The van der Waals surface area contributed by atoms with E-state index in [4.69, 9.17) is 4.52 Å². The van der Waals surface area contributed by atoms with E-state index in [1.54, 1.807) is 35.3 Å². The zero-order valence-electron chi connectivity index (χ0n) is 12.9. The molecule has 0 unspecified atom stereocenters. The lowest BCUT2D eigenvalue weighted by Gasteiger charge is -2.20. The van der Waals surface area contributed by atoms with Crippen LogP contribution in [-0.2, 0) is 22.7 Å². The minimum atomic E-state index is -0.304. The van der Waals surface area contributed by atoms with E-state index in [1.165, 1.54) is 6.26 Å². The topological polar surface area (TPSA) is 79.5 Å². The van der Waals surface area contributed by atoms with Crippen LogP contribution in [0.5, 0.6) is 0 Å². The molecule has 120 valence electrons. The quantitative estimate of drug-likeness (QED) is 0.825. The molecule has 0 saturated carbocycles. The fraction of sp³-hybridized carbons (Fsp3) is 0.375. The molecular weight excluding hydrogens is 296 g/mol. The van der Waals surface area contributed by atoms with E-state index in [9.17, 15) is 9.59 Å². The molecule has 1 aliphatic heterocycles. The van der Waals surface area contributed by atoms with Gasteiger partial charge in [0.2, 0.25) is 11.8 Å². The van der Waals surface area contributed by atoms with Gasteiger partial charge in [0.25, 0.3) is 0 Å². The van der Waals surface area contributed by atoms with Gasteiger partial charge in [-0.05, 0) is 17.7 Å². The summed E-state index contributed by atoms with van der Waals surface area (Å²) in [6.45, 7) is 1.34. The number of amides is 2. The Morgan fingerprint density at radius 2 is 2.17 bits per heavy atom. The lowest BCUT2D eigenvalue weighted by Crippen LogP contribution is -2.34. The summed E-state index contributed by atoms with van der Waals surface area (Å²) in [5.74, 6) is -0.338. The average molecular weight is 314 g/mol. The highest BCUT2D eigenvalue weighted by atomic mass is 16.5. The van der Waals surface area contributed by atoms with Gasteiger partial charge in [-0.25, -0.2) is 0 Å². The molecule has 0 N–H and O–H groups in total. The van der Waals surface area contributed by atoms with Crippen LogP contribution >= 0.6 is 0 Å². The monoisotopic (exact) mass is 314 g/mol. The third-order valence-electron chi connectivity index (χ3n) is 3.95. The second kappa shape index (κ2) is 6.60. The van der Waals surface area contributed by atoms with Crippen LogP contribution < -0.4 is 0 Å². The molecule has 7 nitrogen and oxygen atoms in total. The molecule has 0 aliphatic carbocycles. The van der Waals surface area contributed by atoms with Gasteiger partial charge in [0.05, 0.1) is 12.5 Å². The summed E-state index contributed by atoms with van der Waals surface area (Å²) in [7, 11) is 1.72. The molecule has 0 bridgehead atoms. The SMILES string of the molecule is CN(Cc1ccon1)C(=O)[C@@H]1CC(=O)N(Cc2ccncc2)C1. The normalized spacial score (nSPS) is 17.5. The van der Waals surface area contributed by atoms with Crippen LogP contribution in [0.2, 0.25) is 0 Å². The third-order valence-corrected chi connectivity index (χ3v) is 3.95. The number of aromatic nitrogens is 2. The number of hydrogen-bond acceptors (Lipinski definition) is 5. The Kier molecular flexibility index (Phi) is 4.36. The van der Waals surface area contributed by atoms with Crippen LogP contribution in [0, 0.1) is 5.92 Å². The molecule has 1 atom stereocenters. The van der Waals surface area contributed by atoms with Crippen LogP contribution in [0.15, 0.2) is 41.4 Å². The predicted molar refractivity (Wildman–Crippen MR) is 80.7 cm³/mol. The maximum Gasteiger partial charge on any atom is 0.228 e. The summed E-state index contributed by atoms with van der Waals surface area (Å²) in [6.07, 6.45) is 5.13. The maximum absolute atomic E-state index is 12.5. The molecule has 3 heterocycles. The van der Waals surface area contributed by atoms with Crippen LogP contribution in [0.4, 0.5) is 0 Å². The maximum atomic E-state index is 12.5. The summed E-state index contributed by atoms with van der Waals surface area (Å²) in [5, 5.41) is 3.80. The van der Waals surface area contributed by atoms with E-state index in [-0.39, 0.29) is 24.2 Å². The van der Waals surface area contributed by atoms with Crippen molar-refractivity contribution in [2.75, 3.05) is 13.6 Å². The standard InChI is InChI=1S/C16H18N4O3/c1-19(11-14-4-7-23-18-14)16(22)13-8-15(21)20(10-13)9-12-2-5-17-6-3-12/h2-7,13H,8-11H2,1H3/t13-/m1/s1. The molecule has 2 aromatic rings. The lowest BCUT2D eigenvalue weighted by atomic mass is 10.1. The summed E-state index contributed by atoms with van der Waals surface area (Å²) < 4.78 is 4.77. The second-order valence-electron chi connectivity index (χ2n) is 5.72. The molecule has 0 radical (unpaired) electrons. The highest BCUT2D eigenvalue weighted by Crippen LogP contribution is 2.22. The zero-order valence-corrected chi connectivity index (χ0v) is 12.9. The number of carbonyl (C=O) groups is 2. The van der Waals surface area contributed by atoms with Crippen molar-refractivity contribution in [2.45, 2.75) is 19.5 Å². The summed E-state index contributed by atoms with van der Waals surface area (Å²) in [6, 6.07) is 5.47. The van der Waals surface area contributed by atoms with Crippen molar-refractivity contribution in [2.24, 2.45) is 5.92 Å². The van der Waals surface area contributed by atoms with Crippen LogP contribution in [-0.4, -0.2) is 45.3 Å². The lowest BCUT2D eigenvalue weighted by molar-refractivity contribution is -0.135. The van der Waals surface area contributed by atoms with E-state index < -0.39 is 0 Å². The molecule has 2 aromatic heterocycles. The van der Waals surface area contributed by atoms with Crippen molar-refractivity contribution in [3.63, 3.8) is 0 Å². The van der Waals surface area contributed by atoms with Gasteiger partial charge < -0.3 is 14.3 Å². The number of carbonyl (C=O) groups excluding carboxylic acids is 2. The van der Waals surface area contributed by atoms with Gasteiger partial charge in [0.15, 0.2) is 0 Å². The van der Waals surface area contributed by atoms with Gasteiger partial charge in [0.1, 0.15) is 12.0 Å². The minimum absolute atomic E-state index is 0.00926. The molecule has 1 fully saturated rings. The third kappa shape index (κ3) is 3.56. The summed E-state index contributed by atoms with van der Waals surface area (Å²) in [5.41, 5.74) is 1.70. The fourth-order valence-corrected chi connectivity index (χ4v) is 2.75. The summed E-state index contributed by atoms with van der Waals surface area (Å²) >= 11 is 0. The summed E-state index contributed by atoms with van der Waals surface area (Å²) in [4.78, 5) is 31.9. The van der Waals surface area contributed by atoms with Crippen LogP contribution in [0.1, 0.15) is 17.7 Å².